The summed E-state index contributed by atoms with van der Waals surface area (Å²) in [5, 5.41) is 0.0514. The van der Waals surface area contributed by atoms with E-state index in [9.17, 15) is 4.39 Å². The van der Waals surface area contributed by atoms with Crippen molar-refractivity contribution >= 4 is 11.6 Å². The first kappa shape index (κ1) is 10.9. The zero-order valence-electron chi connectivity index (χ0n) is 9.19. The van der Waals surface area contributed by atoms with E-state index in [-0.39, 0.29) is 11.2 Å². The van der Waals surface area contributed by atoms with E-state index >= 15 is 0 Å². The fourth-order valence-corrected chi connectivity index (χ4v) is 2.32. The lowest BCUT2D eigenvalue weighted by Crippen LogP contribution is -1.97. The second-order valence-electron chi connectivity index (χ2n) is 4.62. The molecule has 0 spiro atoms. The molecule has 0 saturated heterocycles. The zero-order valence-corrected chi connectivity index (χ0v) is 9.94. The lowest BCUT2D eigenvalue weighted by atomic mass is 10.0. The minimum atomic E-state index is -0.103. The molecular formula is C13H16ClF. The summed E-state index contributed by atoms with van der Waals surface area (Å²) in [6.45, 7) is 3.60. The molecule has 2 heteroatoms. The van der Waals surface area contributed by atoms with Gasteiger partial charge in [0.15, 0.2) is 0 Å². The summed E-state index contributed by atoms with van der Waals surface area (Å²) in [5.74, 6) is 0.701. The fourth-order valence-electron chi connectivity index (χ4n) is 1.94. The SMILES string of the molecule is Cc1cc(C(Cl)CC2CC2)cc(C)c1F. The van der Waals surface area contributed by atoms with E-state index in [2.05, 4.69) is 0 Å². The van der Waals surface area contributed by atoms with Gasteiger partial charge in [-0.1, -0.05) is 25.0 Å². The smallest absolute Gasteiger partial charge is 0.129 e. The van der Waals surface area contributed by atoms with E-state index in [1.807, 2.05) is 12.1 Å². The van der Waals surface area contributed by atoms with Crippen molar-refractivity contribution in [3.8, 4) is 0 Å². The number of alkyl halides is 1. The monoisotopic (exact) mass is 226 g/mol. The Morgan fingerprint density at radius 2 is 1.87 bits per heavy atom. The molecule has 2 rings (SSSR count). The van der Waals surface area contributed by atoms with Crippen LogP contribution >= 0.6 is 11.6 Å². The summed E-state index contributed by atoms with van der Waals surface area (Å²) in [7, 11) is 0. The highest BCUT2D eigenvalue weighted by Gasteiger charge is 2.25. The molecule has 15 heavy (non-hydrogen) atoms. The van der Waals surface area contributed by atoms with Crippen LogP contribution in [0.1, 0.15) is 41.3 Å². The van der Waals surface area contributed by atoms with Gasteiger partial charge in [0.1, 0.15) is 5.82 Å². The number of hydrogen-bond acceptors (Lipinski definition) is 0. The average molecular weight is 227 g/mol. The molecule has 1 saturated carbocycles. The van der Waals surface area contributed by atoms with Crippen molar-refractivity contribution in [2.24, 2.45) is 5.92 Å². The van der Waals surface area contributed by atoms with E-state index in [0.717, 1.165) is 17.9 Å². The van der Waals surface area contributed by atoms with Gasteiger partial charge in [0.2, 0.25) is 0 Å². The molecule has 1 unspecified atom stereocenters. The molecule has 0 amide bonds. The molecule has 0 aliphatic heterocycles. The van der Waals surface area contributed by atoms with Crippen molar-refractivity contribution in [1.29, 1.82) is 0 Å². The van der Waals surface area contributed by atoms with Crippen molar-refractivity contribution in [3.05, 3.63) is 34.6 Å². The second kappa shape index (κ2) is 4.13. The minimum absolute atomic E-state index is 0.0514. The summed E-state index contributed by atoms with van der Waals surface area (Å²) in [5.41, 5.74) is 2.47. The van der Waals surface area contributed by atoms with Gasteiger partial charge in [-0.25, -0.2) is 4.39 Å². The van der Waals surface area contributed by atoms with Crippen LogP contribution in [0.3, 0.4) is 0 Å². The van der Waals surface area contributed by atoms with Gasteiger partial charge in [-0.2, -0.15) is 0 Å². The van der Waals surface area contributed by atoms with Gasteiger partial charge >= 0.3 is 0 Å². The maximum atomic E-state index is 13.4. The molecule has 0 aromatic heterocycles. The highest BCUT2D eigenvalue weighted by molar-refractivity contribution is 6.20. The van der Waals surface area contributed by atoms with E-state index in [1.165, 1.54) is 12.8 Å². The Kier molecular flexibility index (Phi) is 3.01. The Bertz CT molecular complexity index is 346. The van der Waals surface area contributed by atoms with Crippen molar-refractivity contribution in [2.75, 3.05) is 0 Å². The fraction of sp³-hybridized carbons (Fsp3) is 0.538. The number of halogens is 2. The highest BCUT2D eigenvalue weighted by Crippen LogP contribution is 2.40. The van der Waals surface area contributed by atoms with Crippen LogP contribution in [-0.2, 0) is 0 Å². The number of benzene rings is 1. The highest BCUT2D eigenvalue weighted by atomic mass is 35.5. The predicted octanol–water partition coefficient (Wildman–Crippen LogP) is 4.52. The molecule has 1 aliphatic rings. The van der Waals surface area contributed by atoms with Crippen LogP contribution in [0, 0.1) is 25.6 Å². The molecule has 0 radical (unpaired) electrons. The summed E-state index contributed by atoms with van der Waals surface area (Å²) in [6, 6.07) is 3.75. The molecule has 0 N–H and O–H groups in total. The van der Waals surface area contributed by atoms with Crippen LogP contribution in [0.2, 0.25) is 0 Å². The largest absolute Gasteiger partial charge is 0.206 e. The molecule has 0 bridgehead atoms. The third-order valence-electron chi connectivity index (χ3n) is 3.06. The predicted molar refractivity (Wildman–Crippen MR) is 61.8 cm³/mol. The number of hydrogen-bond donors (Lipinski definition) is 0. The van der Waals surface area contributed by atoms with E-state index < -0.39 is 0 Å². The molecule has 82 valence electrons. The quantitative estimate of drug-likeness (QED) is 0.665. The third-order valence-corrected chi connectivity index (χ3v) is 3.49. The third kappa shape index (κ3) is 2.52. The van der Waals surface area contributed by atoms with Crippen molar-refractivity contribution < 1.29 is 4.39 Å². The topological polar surface area (TPSA) is 0 Å². The standard InChI is InChI=1S/C13H16ClF/c1-8-5-11(6-9(2)13(8)15)12(14)7-10-3-4-10/h5-6,10,12H,3-4,7H2,1-2H3. The van der Waals surface area contributed by atoms with Crippen LogP contribution in [0.5, 0.6) is 0 Å². The van der Waals surface area contributed by atoms with Gasteiger partial charge in [0.05, 0.1) is 5.38 Å². The van der Waals surface area contributed by atoms with E-state index in [0.29, 0.717) is 11.1 Å². The average Bonchev–Trinajstić information content (AvgIpc) is 2.97. The van der Waals surface area contributed by atoms with Gasteiger partial charge in [-0.15, -0.1) is 11.6 Å². The molecule has 0 heterocycles. The first-order chi connectivity index (χ1) is 7.08. The van der Waals surface area contributed by atoms with Crippen LogP contribution in [0.15, 0.2) is 12.1 Å². The molecular weight excluding hydrogens is 211 g/mol. The molecule has 1 aromatic carbocycles. The Labute approximate surface area is 95.4 Å². The molecule has 1 aliphatic carbocycles. The van der Waals surface area contributed by atoms with Crippen LogP contribution in [0.4, 0.5) is 4.39 Å². The van der Waals surface area contributed by atoms with Gasteiger partial charge in [0.25, 0.3) is 0 Å². The first-order valence-electron chi connectivity index (χ1n) is 5.48. The maximum Gasteiger partial charge on any atom is 0.129 e. The minimum Gasteiger partial charge on any atom is -0.206 e. The number of rotatable bonds is 3. The van der Waals surface area contributed by atoms with Crippen LogP contribution in [-0.4, -0.2) is 0 Å². The summed E-state index contributed by atoms with van der Waals surface area (Å²) in [4.78, 5) is 0. The Morgan fingerprint density at radius 3 is 2.33 bits per heavy atom. The Morgan fingerprint density at radius 1 is 1.33 bits per heavy atom. The first-order valence-corrected chi connectivity index (χ1v) is 5.92. The van der Waals surface area contributed by atoms with Gasteiger partial charge in [-0.05, 0) is 42.9 Å². The molecule has 0 nitrogen and oxygen atoms in total. The van der Waals surface area contributed by atoms with Crippen molar-refractivity contribution in [3.63, 3.8) is 0 Å². The maximum absolute atomic E-state index is 13.4. The number of aryl methyl sites for hydroxylation is 2. The summed E-state index contributed by atoms with van der Waals surface area (Å²) >= 11 is 6.32. The lowest BCUT2D eigenvalue weighted by Gasteiger charge is -2.12. The lowest BCUT2D eigenvalue weighted by molar-refractivity contribution is 0.606. The van der Waals surface area contributed by atoms with E-state index in [4.69, 9.17) is 11.6 Å². The van der Waals surface area contributed by atoms with Gasteiger partial charge < -0.3 is 0 Å². The summed E-state index contributed by atoms with van der Waals surface area (Å²) < 4.78 is 13.4. The molecule has 1 atom stereocenters. The van der Waals surface area contributed by atoms with Crippen LogP contribution < -0.4 is 0 Å². The van der Waals surface area contributed by atoms with Crippen molar-refractivity contribution in [1.82, 2.24) is 0 Å². The zero-order chi connectivity index (χ0) is 11.0. The molecule has 1 fully saturated rings. The molecule has 1 aromatic rings. The Hall–Kier alpha value is -0.560. The normalized spacial score (nSPS) is 17.9. The van der Waals surface area contributed by atoms with Gasteiger partial charge in [-0.3, -0.25) is 0 Å². The Balaban J connectivity index is 2.19. The van der Waals surface area contributed by atoms with E-state index in [1.54, 1.807) is 13.8 Å². The van der Waals surface area contributed by atoms with Crippen LogP contribution in [0.25, 0.3) is 0 Å². The van der Waals surface area contributed by atoms with Crippen molar-refractivity contribution in [2.45, 2.75) is 38.5 Å². The van der Waals surface area contributed by atoms with Gasteiger partial charge in [0, 0.05) is 0 Å². The second-order valence-corrected chi connectivity index (χ2v) is 5.14. The summed E-state index contributed by atoms with van der Waals surface area (Å²) in [6.07, 6.45) is 3.65.